The van der Waals surface area contributed by atoms with Gasteiger partial charge in [0.25, 0.3) is 0 Å². The Morgan fingerprint density at radius 3 is 2.65 bits per heavy atom. The summed E-state index contributed by atoms with van der Waals surface area (Å²) in [5.74, 6) is 0. The minimum absolute atomic E-state index is 0.535. The fourth-order valence-electron chi connectivity index (χ4n) is 2.46. The molecule has 3 aromatic carbocycles. The van der Waals surface area contributed by atoms with Gasteiger partial charge in [0, 0.05) is 12.2 Å². The van der Waals surface area contributed by atoms with Crippen LogP contribution in [-0.4, -0.2) is 5.11 Å². The summed E-state index contributed by atoms with van der Waals surface area (Å²) in [6.07, 6.45) is 0. The highest BCUT2D eigenvalue weighted by molar-refractivity contribution is 7.80. The number of fused-ring (bicyclic) bond motifs is 1. The van der Waals surface area contributed by atoms with Crippen molar-refractivity contribution in [3.63, 3.8) is 0 Å². The molecule has 0 spiro atoms. The predicted molar refractivity (Wildman–Crippen MR) is 98.2 cm³/mol. The molecule has 0 bridgehead atoms. The van der Waals surface area contributed by atoms with Gasteiger partial charge in [0.2, 0.25) is 0 Å². The van der Waals surface area contributed by atoms with Crippen LogP contribution in [0, 0.1) is 11.3 Å². The van der Waals surface area contributed by atoms with Crippen molar-refractivity contribution in [2.75, 3.05) is 5.32 Å². The van der Waals surface area contributed by atoms with Crippen LogP contribution in [0.15, 0.2) is 66.7 Å². The Bertz CT molecular complexity index is 891. The highest BCUT2D eigenvalue weighted by Crippen LogP contribution is 2.18. The largest absolute Gasteiger partial charge is 0.358 e. The van der Waals surface area contributed by atoms with Crippen LogP contribution in [0.25, 0.3) is 10.8 Å². The normalized spacial score (nSPS) is 10.0. The Morgan fingerprint density at radius 1 is 1.00 bits per heavy atom. The zero-order valence-corrected chi connectivity index (χ0v) is 13.2. The molecule has 23 heavy (non-hydrogen) atoms. The van der Waals surface area contributed by atoms with E-state index in [1.165, 1.54) is 16.3 Å². The molecule has 0 atom stereocenters. The standard InChI is InChI=1S/C19H15N3S/c20-12-14-5-3-9-17(11-14)22-19(23)21-13-16-8-4-7-15-6-1-2-10-18(15)16/h1-11H,13H2,(H2,21,22,23). The summed E-state index contributed by atoms with van der Waals surface area (Å²) in [7, 11) is 0. The number of hydrogen-bond acceptors (Lipinski definition) is 2. The summed E-state index contributed by atoms with van der Waals surface area (Å²) in [5, 5.41) is 18.2. The molecule has 0 heterocycles. The van der Waals surface area contributed by atoms with E-state index >= 15 is 0 Å². The number of nitrogens with zero attached hydrogens (tertiary/aromatic N) is 1. The van der Waals surface area contributed by atoms with E-state index < -0.39 is 0 Å². The average Bonchev–Trinajstić information content (AvgIpc) is 2.60. The molecule has 0 aromatic heterocycles. The molecule has 0 saturated heterocycles. The highest BCUT2D eigenvalue weighted by atomic mass is 32.1. The van der Waals surface area contributed by atoms with E-state index in [4.69, 9.17) is 17.5 Å². The quantitative estimate of drug-likeness (QED) is 0.711. The van der Waals surface area contributed by atoms with E-state index in [-0.39, 0.29) is 0 Å². The molecule has 0 fully saturated rings. The molecule has 3 rings (SSSR count). The lowest BCUT2D eigenvalue weighted by Gasteiger charge is -2.12. The molecular formula is C19H15N3S. The molecule has 112 valence electrons. The van der Waals surface area contributed by atoms with E-state index in [0.717, 1.165) is 5.69 Å². The summed E-state index contributed by atoms with van der Waals surface area (Å²) >= 11 is 5.33. The first-order valence-electron chi connectivity index (χ1n) is 7.28. The average molecular weight is 317 g/mol. The van der Waals surface area contributed by atoms with E-state index in [9.17, 15) is 0 Å². The summed E-state index contributed by atoms with van der Waals surface area (Å²) in [4.78, 5) is 0. The van der Waals surface area contributed by atoms with Gasteiger partial charge in [-0.1, -0.05) is 48.5 Å². The number of anilines is 1. The third kappa shape index (κ3) is 3.65. The second-order valence-electron chi connectivity index (χ2n) is 5.14. The van der Waals surface area contributed by atoms with Crippen LogP contribution in [0.3, 0.4) is 0 Å². The van der Waals surface area contributed by atoms with Crippen molar-refractivity contribution < 1.29 is 0 Å². The topological polar surface area (TPSA) is 47.9 Å². The second kappa shape index (κ2) is 6.91. The number of nitriles is 1. The molecule has 2 N–H and O–H groups in total. The zero-order valence-electron chi connectivity index (χ0n) is 12.4. The van der Waals surface area contributed by atoms with E-state index in [1.807, 2.05) is 30.3 Å². The maximum absolute atomic E-state index is 8.92. The zero-order chi connectivity index (χ0) is 16.1. The first-order chi connectivity index (χ1) is 11.3. The molecule has 0 aliphatic carbocycles. The molecule has 3 aromatic rings. The van der Waals surface area contributed by atoms with Gasteiger partial charge in [-0.25, -0.2) is 0 Å². The lowest BCUT2D eigenvalue weighted by Crippen LogP contribution is -2.27. The van der Waals surface area contributed by atoms with E-state index in [0.29, 0.717) is 17.2 Å². The van der Waals surface area contributed by atoms with Gasteiger partial charge in [-0.15, -0.1) is 0 Å². The molecule has 3 nitrogen and oxygen atoms in total. The van der Waals surface area contributed by atoms with Gasteiger partial charge in [0.15, 0.2) is 5.11 Å². The van der Waals surface area contributed by atoms with Crippen LogP contribution in [0.1, 0.15) is 11.1 Å². The highest BCUT2D eigenvalue weighted by Gasteiger charge is 2.02. The molecule has 4 heteroatoms. The first kappa shape index (κ1) is 15.0. The fraction of sp³-hybridized carbons (Fsp3) is 0.0526. The molecule has 0 amide bonds. The maximum atomic E-state index is 8.92. The monoisotopic (exact) mass is 317 g/mol. The van der Waals surface area contributed by atoms with Gasteiger partial charge in [-0.05, 0) is 46.8 Å². The third-order valence-electron chi connectivity index (χ3n) is 3.57. The van der Waals surface area contributed by atoms with Crippen LogP contribution in [0.5, 0.6) is 0 Å². The fourth-order valence-corrected chi connectivity index (χ4v) is 2.65. The number of benzene rings is 3. The van der Waals surface area contributed by atoms with Gasteiger partial charge in [-0.2, -0.15) is 5.26 Å². The van der Waals surface area contributed by atoms with Crippen LogP contribution in [-0.2, 0) is 6.54 Å². The van der Waals surface area contributed by atoms with E-state index in [2.05, 4.69) is 41.0 Å². The van der Waals surface area contributed by atoms with Crippen molar-refractivity contribution in [1.29, 1.82) is 5.26 Å². The number of thiocarbonyl (C=S) groups is 1. The number of hydrogen-bond donors (Lipinski definition) is 2. The smallest absolute Gasteiger partial charge is 0.171 e. The Hall–Kier alpha value is -2.90. The molecular weight excluding hydrogens is 302 g/mol. The second-order valence-corrected chi connectivity index (χ2v) is 5.55. The summed E-state index contributed by atoms with van der Waals surface area (Å²) in [5.41, 5.74) is 2.60. The van der Waals surface area contributed by atoms with Gasteiger partial charge in [-0.3, -0.25) is 0 Å². The molecule has 0 saturated carbocycles. The minimum atomic E-state index is 0.535. The van der Waals surface area contributed by atoms with Crippen molar-refractivity contribution >= 4 is 33.8 Å². The summed E-state index contributed by atoms with van der Waals surface area (Å²) < 4.78 is 0. The number of rotatable bonds is 3. The van der Waals surface area contributed by atoms with Crippen LogP contribution in [0.2, 0.25) is 0 Å². The maximum Gasteiger partial charge on any atom is 0.171 e. The first-order valence-corrected chi connectivity index (χ1v) is 7.69. The minimum Gasteiger partial charge on any atom is -0.358 e. The van der Waals surface area contributed by atoms with Crippen LogP contribution in [0.4, 0.5) is 5.69 Å². The van der Waals surface area contributed by atoms with Crippen LogP contribution < -0.4 is 10.6 Å². The Labute approximate surface area is 140 Å². The van der Waals surface area contributed by atoms with Gasteiger partial charge >= 0.3 is 0 Å². The SMILES string of the molecule is N#Cc1cccc(NC(=S)NCc2cccc3ccccc23)c1. The molecule has 0 aliphatic rings. The molecule has 0 unspecified atom stereocenters. The van der Waals surface area contributed by atoms with Crippen molar-refractivity contribution in [3.8, 4) is 6.07 Å². The van der Waals surface area contributed by atoms with E-state index in [1.54, 1.807) is 12.1 Å². The summed E-state index contributed by atoms with van der Waals surface area (Å²) in [6, 6.07) is 23.9. The Balaban J connectivity index is 1.68. The van der Waals surface area contributed by atoms with Gasteiger partial charge in [0.05, 0.1) is 11.6 Å². The predicted octanol–water partition coefficient (Wildman–Crippen LogP) is 4.20. The van der Waals surface area contributed by atoms with Crippen molar-refractivity contribution in [3.05, 3.63) is 77.9 Å². The molecule has 0 radical (unpaired) electrons. The lowest BCUT2D eigenvalue weighted by atomic mass is 10.0. The van der Waals surface area contributed by atoms with Crippen molar-refractivity contribution in [2.45, 2.75) is 6.54 Å². The van der Waals surface area contributed by atoms with Gasteiger partial charge in [0.1, 0.15) is 0 Å². The summed E-state index contributed by atoms with van der Waals surface area (Å²) in [6.45, 7) is 0.644. The third-order valence-corrected chi connectivity index (χ3v) is 3.82. The van der Waals surface area contributed by atoms with Crippen LogP contribution >= 0.6 is 12.2 Å². The van der Waals surface area contributed by atoms with Crippen molar-refractivity contribution in [1.82, 2.24) is 5.32 Å². The Morgan fingerprint density at radius 2 is 1.78 bits per heavy atom. The van der Waals surface area contributed by atoms with Gasteiger partial charge < -0.3 is 10.6 Å². The molecule has 0 aliphatic heterocycles. The Kier molecular flexibility index (Phi) is 4.51. The number of nitrogens with one attached hydrogen (secondary N) is 2. The lowest BCUT2D eigenvalue weighted by molar-refractivity contribution is 0.934. The van der Waals surface area contributed by atoms with Crippen molar-refractivity contribution in [2.24, 2.45) is 0 Å².